The number of aromatic nitrogens is 4. The van der Waals surface area contributed by atoms with E-state index in [-0.39, 0.29) is 37.9 Å². The summed E-state index contributed by atoms with van der Waals surface area (Å²) in [5, 5.41) is 17.5. The summed E-state index contributed by atoms with van der Waals surface area (Å²) in [6, 6.07) is 10.1. The summed E-state index contributed by atoms with van der Waals surface area (Å²) < 4.78 is 16.0. The molecule has 12 heteroatoms. The van der Waals surface area contributed by atoms with Gasteiger partial charge in [0.15, 0.2) is 0 Å². The van der Waals surface area contributed by atoms with Crippen LogP contribution in [0.1, 0.15) is 63.3 Å². The van der Waals surface area contributed by atoms with Crippen LogP contribution in [0.15, 0.2) is 52.3 Å². The molecule has 0 saturated heterocycles. The van der Waals surface area contributed by atoms with Gasteiger partial charge in [-0.2, -0.15) is 10.4 Å². The van der Waals surface area contributed by atoms with Crippen LogP contribution in [0.25, 0.3) is 15.2 Å². The number of fused-ring (bicyclic) bond motifs is 1. The number of rotatable bonds is 13. The summed E-state index contributed by atoms with van der Waals surface area (Å²) in [6.45, 7) is 7.58. The van der Waals surface area contributed by atoms with E-state index in [2.05, 4.69) is 16.5 Å². The number of aryl methyl sites for hydroxylation is 1. The van der Waals surface area contributed by atoms with Crippen LogP contribution >= 0.6 is 11.3 Å². The lowest BCUT2D eigenvalue weighted by Crippen LogP contribution is -2.48. The van der Waals surface area contributed by atoms with Gasteiger partial charge in [0.25, 0.3) is 5.56 Å². The molecule has 0 spiro atoms. The maximum atomic E-state index is 14.3. The van der Waals surface area contributed by atoms with E-state index in [1.165, 1.54) is 15.9 Å². The second-order valence-electron chi connectivity index (χ2n) is 9.98. The standard InChI is InChI=1S/C30H36N6O5S/c1-6-19(3)33-26(37)22(7-2)36-27(38)25-20(4)28(35-16-11-15-32-35)42-29(25)34(30(36)39)18-24(41-17-10-14-31)21-12-8-9-13-23(21)40-5/h8-9,11-13,15-16,19,22,24H,6-7,10,17-18H2,1-5H3,(H,33,37)/t19?,22-,24+/m1/s1. The Morgan fingerprint density at radius 2 is 1.95 bits per heavy atom. The third-order valence-corrected chi connectivity index (χ3v) is 8.60. The van der Waals surface area contributed by atoms with Crippen LogP contribution in [0.4, 0.5) is 0 Å². The zero-order chi connectivity index (χ0) is 30.4. The minimum absolute atomic E-state index is 0.0172. The molecule has 0 bridgehead atoms. The monoisotopic (exact) mass is 592 g/mol. The molecule has 42 heavy (non-hydrogen) atoms. The zero-order valence-corrected chi connectivity index (χ0v) is 25.3. The van der Waals surface area contributed by atoms with Gasteiger partial charge in [0.2, 0.25) is 5.91 Å². The molecule has 1 unspecified atom stereocenters. The van der Waals surface area contributed by atoms with Crippen molar-refractivity contribution >= 4 is 27.5 Å². The van der Waals surface area contributed by atoms with Gasteiger partial charge in [-0.1, -0.05) is 43.4 Å². The fraction of sp³-hybridized carbons (Fsp3) is 0.433. The van der Waals surface area contributed by atoms with Crippen molar-refractivity contribution in [1.29, 1.82) is 5.26 Å². The molecule has 3 atom stereocenters. The van der Waals surface area contributed by atoms with Crippen molar-refractivity contribution in [3.8, 4) is 16.8 Å². The van der Waals surface area contributed by atoms with Gasteiger partial charge in [0.05, 0.1) is 38.1 Å². The summed E-state index contributed by atoms with van der Waals surface area (Å²) >= 11 is 1.27. The molecule has 0 aliphatic heterocycles. The Kier molecular flexibility index (Phi) is 9.98. The average Bonchev–Trinajstić information content (AvgIpc) is 3.64. The molecule has 1 N–H and O–H groups in total. The molecular formula is C30H36N6O5S. The van der Waals surface area contributed by atoms with Crippen LogP contribution < -0.4 is 21.3 Å². The summed E-state index contributed by atoms with van der Waals surface area (Å²) in [4.78, 5) is 42.2. The van der Waals surface area contributed by atoms with Crippen molar-refractivity contribution in [1.82, 2.24) is 24.2 Å². The first-order chi connectivity index (χ1) is 20.3. The van der Waals surface area contributed by atoms with Gasteiger partial charge in [-0.25, -0.2) is 14.0 Å². The summed E-state index contributed by atoms with van der Waals surface area (Å²) in [5.74, 6) is 0.180. The molecule has 11 nitrogen and oxygen atoms in total. The lowest BCUT2D eigenvalue weighted by Gasteiger charge is -2.24. The largest absolute Gasteiger partial charge is 0.496 e. The predicted molar refractivity (Wildman–Crippen MR) is 161 cm³/mol. The minimum Gasteiger partial charge on any atom is -0.496 e. The number of nitrogens with zero attached hydrogens (tertiary/aromatic N) is 5. The summed E-state index contributed by atoms with van der Waals surface area (Å²) in [5.41, 5.74) is 0.208. The van der Waals surface area contributed by atoms with Crippen LogP contribution in [0.3, 0.4) is 0 Å². The molecule has 3 aromatic heterocycles. The number of carbonyl (C=O) groups is 1. The summed E-state index contributed by atoms with van der Waals surface area (Å²) in [7, 11) is 1.55. The molecule has 3 heterocycles. The molecule has 4 aromatic rings. The smallest absolute Gasteiger partial charge is 0.332 e. The average molecular weight is 593 g/mol. The Bertz CT molecular complexity index is 1700. The van der Waals surface area contributed by atoms with Crippen molar-refractivity contribution < 1.29 is 14.3 Å². The lowest BCUT2D eigenvalue weighted by atomic mass is 10.1. The van der Waals surface area contributed by atoms with Crippen LogP contribution in [0.5, 0.6) is 5.75 Å². The van der Waals surface area contributed by atoms with Gasteiger partial charge < -0.3 is 14.8 Å². The number of hydrogen-bond donors (Lipinski definition) is 1. The third kappa shape index (κ3) is 6.03. The maximum Gasteiger partial charge on any atom is 0.332 e. The molecule has 4 rings (SSSR count). The molecule has 0 aliphatic carbocycles. The number of amides is 1. The molecule has 0 aliphatic rings. The van der Waals surface area contributed by atoms with E-state index in [0.717, 1.165) is 4.57 Å². The Morgan fingerprint density at radius 1 is 1.19 bits per heavy atom. The van der Waals surface area contributed by atoms with E-state index in [1.54, 1.807) is 43.2 Å². The van der Waals surface area contributed by atoms with Gasteiger partial charge >= 0.3 is 5.69 Å². The highest BCUT2D eigenvalue weighted by atomic mass is 32.1. The first-order valence-corrected chi connectivity index (χ1v) is 14.8. The first kappa shape index (κ1) is 30.7. The SMILES string of the molecule is CCC(C)NC(=O)[C@@H](CC)n1c(=O)c2c(C)c(-n3cccn3)sc2n(C[C@H](OCCC#N)c2ccccc2OC)c1=O. The molecular weight excluding hydrogens is 556 g/mol. The number of benzene rings is 1. The number of ether oxygens (including phenoxy) is 2. The van der Waals surface area contributed by atoms with Crippen molar-refractivity contribution in [2.24, 2.45) is 0 Å². The van der Waals surface area contributed by atoms with E-state index in [0.29, 0.717) is 38.5 Å². The van der Waals surface area contributed by atoms with E-state index >= 15 is 0 Å². The van der Waals surface area contributed by atoms with Crippen molar-refractivity contribution in [3.05, 3.63) is 74.7 Å². The molecule has 1 amide bonds. The number of nitriles is 1. The highest BCUT2D eigenvalue weighted by Gasteiger charge is 2.30. The second kappa shape index (κ2) is 13.6. The van der Waals surface area contributed by atoms with E-state index in [4.69, 9.17) is 14.7 Å². The van der Waals surface area contributed by atoms with Crippen LogP contribution in [0.2, 0.25) is 0 Å². The number of para-hydroxylation sites is 1. The Hall–Kier alpha value is -4.21. The number of methoxy groups -OCH3 is 1. The van der Waals surface area contributed by atoms with E-state index in [1.807, 2.05) is 39.0 Å². The highest BCUT2D eigenvalue weighted by molar-refractivity contribution is 7.21. The molecule has 0 radical (unpaired) electrons. The number of hydrogen-bond acceptors (Lipinski definition) is 8. The zero-order valence-electron chi connectivity index (χ0n) is 24.5. The first-order valence-electron chi connectivity index (χ1n) is 14.0. The van der Waals surface area contributed by atoms with Crippen LogP contribution in [-0.2, 0) is 16.1 Å². The van der Waals surface area contributed by atoms with Gasteiger partial charge in [0.1, 0.15) is 27.7 Å². The lowest BCUT2D eigenvalue weighted by molar-refractivity contribution is -0.125. The van der Waals surface area contributed by atoms with Gasteiger partial charge in [0, 0.05) is 29.6 Å². The Morgan fingerprint density at radius 3 is 2.60 bits per heavy atom. The Balaban J connectivity index is 1.98. The quantitative estimate of drug-likeness (QED) is 0.229. The minimum atomic E-state index is -1.01. The van der Waals surface area contributed by atoms with Gasteiger partial charge in [-0.15, -0.1) is 0 Å². The molecule has 0 saturated carbocycles. The highest BCUT2D eigenvalue weighted by Crippen LogP contribution is 2.34. The van der Waals surface area contributed by atoms with Gasteiger partial charge in [-0.3, -0.25) is 14.2 Å². The van der Waals surface area contributed by atoms with Crippen LogP contribution in [-0.4, -0.2) is 44.6 Å². The maximum absolute atomic E-state index is 14.3. The van der Waals surface area contributed by atoms with Crippen molar-refractivity contribution in [2.45, 2.75) is 71.7 Å². The number of carbonyl (C=O) groups excluding carboxylic acids is 1. The number of thiophene rings is 1. The predicted octanol–water partition coefficient (Wildman–Crippen LogP) is 4.26. The fourth-order valence-electron chi connectivity index (χ4n) is 4.91. The Labute approximate surface area is 247 Å². The van der Waals surface area contributed by atoms with E-state index < -0.39 is 23.4 Å². The third-order valence-electron chi connectivity index (χ3n) is 7.30. The van der Waals surface area contributed by atoms with E-state index in [9.17, 15) is 14.4 Å². The fourth-order valence-corrected chi connectivity index (χ4v) is 6.15. The second-order valence-corrected chi connectivity index (χ2v) is 11.0. The van der Waals surface area contributed by atoms with Crippen molar-refractivity contribution in [3.63, 3.8) is 0 Å². The molecule has 222 valence electrons. The normalized spacial score (nSPS) is 13.4. The molecule has 1 aromatic carbocycles. The topological polar surface area (TPSA) is 133 Å². The molecule has 0 fully saturated rings. The van der Waals surface area contributed by atoms with Crippen molar-refractivity contribution in [2.75, 3.05) is 13.7 Å². The van der Waals surface area contributed by atoms with Crippen LogP contribution in [0, 0.1) is 18.3 Å². The number of nitrogens with one attached hydrogen (secondary N) is 1. The summed E-state index contributed by atoms with van der Waals surface area (Å²) in [6.07, 6.45) is 3.83. The van der Waals surface area contributed by atoms with Gasteiger partial charge in [-0.05, 0) is 38.8 Å².